The molecule has 1 saturated heterocycles. The number of urea groups is 1. The number of carbonyl (C=O) groups is 2. The Hall–Kier alpha value is -2.04. The van der Waals surface area contributed by atoms with Gasteiger partial charge in [0.2, 0.25) is 5.91 Å². The molecule has 1 aromatic rings. The fourth-order valence-electron chi connectivity index (χ4n) is 3.00. The van der Waals surface area contributed by atoms with Crippen LogP contribution in [0.5, 0.6) is 0 Å². The summed E-state index contributed by atoms with van der Waals surface area (Å²) >= 11 is 0. The number of nitrogens with one attached hydrogen (secondary N) is 3. The van der Waals surface area contributed by atoms with Gasteiger partial charge in [0.25, 0.3) is 0 Å². The van der Waals surface area contributed by atoms with Crippen LogP contribution in [0.15, 0.2) is 18.2 Å². The minimum Gasteiger partial charge on any atom is -0.334 e. The second kappa shape index (κ2) is 7.99. The van der Waals surface area contributed by atoms with Crippen LogP contribution in [0.1, 0.15) is 50.2 Å². The van der Waals surface area contributed by atoms with Crippen LogP contribution in [0.4, 0.5) is 10.5 Å². The molecule has 1 aliphatic rings. The lowest BCUT2D eigenvalue weighted by Gasteiger charge is -2.14. The summed E-state index contributed by atoms with van der Waals surface area (Å²) in [5.74, 6) is 0.0756. The van der Waals surface area contributed by atoms with Crippen molar-refractivity contribution < 1.29 is 9.59 Å². The fourth-order valence-corrected chi connectivity index (χ4v) is 3.00. The molecule has 1 aliphatic heterocycles. The van der Waals surface area contributed by atoms with E-state index in [1.54, 1.807) is 0 Å². The quantitative estimate of drug-likeness (QED) is 0.676. The Morgan fingerprint density at radius 2 is 1.83 bits per heavy atom. The molecule has 3 amide bonds. The summed E-state index contributed by atoms with van der Waals surface area (Å²) in [5.41, 5.74) is 3.12. The monoisotopic (exact) mass is 317 g/mol. The molecule has 3 N–H and O–H groups in total. The number of aryl methyl sites for hydroxylation is 2. The Morgan fingerprint density at radius 1 is 1.13 bits per heavy atom. The van der Waals surface area contributed by atoms with E-state index in [4.69, 9.17) is 0 Å². The Kier molecular flexibility index (Phi) is 6.02. The molecule has 0 bridgehead atoms. The van der Waals surface area contributed by atoms with E-state index in [0.717, 1.165) is 42.5 Å². The van der Waals surface area contributed by atoms with Crippen molar-refractivity contribution in [3.63, 3.8) is 0 Å². The lowest BCUT2D eigenvalue weighted by molar-refractivity contribution is -0.116. The number of hydrogen-bond donors (Lipinski definition) is 3. The first-order valence-electron chi connectivity index (χ1n) is 8.40. The SMILES string of the molecule is Cc1cccc(C)c1NC(=O)CCCCC[C@H]1NC(=O)N[C@@H]1C. The van der Waals surface area contributed by atoms with Crippen molar-refractivity contribution in [1.82, 2.24) is 10.6 Å². The van der Waals surface area contributed by atoms with Crippen LogP contribution in [0.25, 0.3) is 0 Å². The summed E-state index contributed by atoms with van der Waals surface area (Å²) in [5, 5.41) is 8.79. The van der Waals surface area contributed by atoms with Gasteiger partial charge < -0.3 is 16.0 Å². The first-order chi connectivity index (χ1) is 11.0. The van der Waals surface area contributed by atoms with E-state index in [1.165, 1.54) is 0 Å². The molecule has 1 heterocycles. The van der Waals surface area contributed by atoms with Gasteiger partial charge in [-0.3, -0.25) is 4.79 Å². The standard InChI is InChI=1S/C18H27N3O2/c1-12-8-7-9-13(2)17(12)21-16(22)11-6-4-5-10-15-14(3)19-18(23)20-15/h7-9,14-15H,4-6,10-11H2,1-3H3,(H,21,22)(H2,19,20,23)/t14-,15-/m1/s1. The summed E-state index contributed by atoms with van der Waals surface area (Å²) in [6, 6.07) is 6.34. The van der Waals surface area contributed by atoms with Gasteiger partial charge in [0.15, 0.2) is 0 Å². The molecule has 0 saturated carbocycles. The van der Waals surface area contributed by atoms with Gasteiger partial charge >= 0.3 is 6.03 Å². The Bertz CT molecular complexity index is 551. The van der Waals surface area contributed by atoms with Gasteiger partial charge in [0.05, 0.1) is 6.04 Å². The first kappa shape index (κ1) is 17.3. The largest absolute Gasteiger partial charge is 0.334 e. The van der Waals surface area contributed by atoms with Crippen molar-refractivity contribution in [2.24, 2.45) is 0 Å². The lowest BCUT2D eigenvalue weighted by Crippen LogP contribution is -2.30. The maximum atomic E-state index is 12.1. The van der Waals surface area contributed by atoms with Gasteiger partial charge in [-0.1, -0.05) is 31.0 Å². The zero-order valence-electron chi connectivity index (χ0n) is 14.2. The summed E-state index contributed by atoms with van der Waals surface area (Å²) in [7, 11) is 0. The highest BCUT2D eigenvalue weighted by Gasteiger charge is 2.26. The van der Waals surface area contributed by atoms with Crippen molar-refractivity contribution in [2.75, 3.05) is 5.32 Å². The Labute approximate surface area is 138 Å². The summed E-state index contributed by atoms with van der Waals surface area (Å²) in [4.78, 5) is 23.2. The molecule has 0 spiro atoms. The first-order valence-corrected chi connectivity index (χ1v) is 8.40. The van der Waals surface area contributed by atoms with Crippen molar-refractivity contribution in [2.45, 2.75) is 65.0 Å². The third-order valence-electron chi connectivity index (χ3n) is 4.44. The maximum absolute atomic E-state index is 12.1. The van der Waals surface area contributed by atoms with E-state index in [0.29, 0.717) is 6.42 Å². The van der Waals surface area contributed by atoms with E-state index in [1.807, 2.05) is 39.0 Å². The second-order valence-corrected chi connectivity index (χ2v) is 6.43. The molecule has 1 aromatic carbocycles. The minimum absolute atomic E-state index is 0.0736. The van der Waals surface area contributed by atoms with Gasteiger partial charge in [-0.25, -0.2) is 4.79 Å². The van der Waals surface area contributed by atoms with Crippen LogP contribution in [0, 0.1) is 13.8 Å². The van der Waals surface area contributed by atoms with E-state index in [2.05, 4.69) is 16.0 Å². The number of unbranched alkanes of at least 4 members (excludes halogenated alkanes) is 2. The molecule has 2 rings (SSSR count). The molecule has 0 radical (unpaired) electrons. The molecule has 1 fully saturated rings. The molecular formula is C18H27N3O2. The molecule has 0 aromatic heterocycles. The van der Waals surface area contributed by atoms with Crippen LogP contribution < -0.4 is 16.0 Å². The van der Waals surface area contributed by atoms with Crippen molar-refractivity contribution in [3.05, 3.63) is 29.3 Å². The van der Waals surface area contributed by atoms with Crippen LogP contribution in [-0.2, 0) is 4.79 Å². The maximum Gasteiger partial charge on any atom is 0.315 e. The fraction of sp³-hybridized carbons (Fsp3) is 0.556. The number of carbonyl (C=O) groups excluding carboxylic acids is 2. The zero-order chi connectivity index (χ0) is 16.8. The second-order valence-electron chi connectivity index (χ2n) is 6.43. The van der Waals surface area contributed by atoms with Crippen LogP contribution in [0.2, 0.25) is 0 Å². The van der Waals surface area contributed by atoms with Gasteiger partial charge in [-0.15, -0.1) is 0 Å². The average molecular weight is 317 g/mol. The smallest absolute Gasteiger partial charge is 0.315 e. The number of amides is 3. The van der Waals surface area contributed by atoms with E-state index in [-0.39, 0.29) is 24.0 Å². The van der Waals surface area contributed by atoms with Gasteiger partial charge in [-0.05, 0) is 44.7 Å². The van der Waals surface area contributed by atoms with Crippen LogP contribution >= 0.6 is 0 Å². The number of para-hydroxylation sites is 1. The molecule has 23 heavy (non-hydrogen) atoms. The molecule has 5 nitrogen and oxygen atoms in total. The summed E-state index contributed by atoms with van der Waals surface area (Å²) in [6.45, 7) is 6.03. The molecule has 0 aliphatic carbocycles. The third-order valence-corrected chi connectivity index (χ3v) is 4.44. The number of anilines is 1. The topological polar surface area (TPSA) is 70.2 Å². The predicted molar refractivity (Wildman–Crippen MR) is 92.5 cm³/mol. The molecular weight excluding hydrogens is 290 g/mol. The average Bonchev–Trinajstić information content (AvgIpc) is 2.81. The van der Waals surface area contributed by atoms with Crippen LogP contribution in [0.3, 0.4) is 0 Å². The number of rotatable bonds is 7. The van der Waals surface area contributed by atoms with Crippen molar-refractivity contribution in [1.29, 1.82) is 0 Å². The molecule has 5 heteroatoms. The van der Waals surface area contributed by atoms with Gasteiger partial charge in [0, 0.05) is 18.2 Å². The molecule has 126 valence electrons. The third kappa shape index (κ3) is 4.98. The summed E-state index contributed by atoms with van der Waals surface area (Å²) in [6.07, 6.45) is 4.39. The van der Waals surface area contributed by atoms with Crippen molar-refractivity contribution >= 4 is 17.6 Å². The van der Waals surface area contributed by atoms with Gasteiger partial charge in [-0.2, -0.15) is 0 Å². The van der Waals surface area contributed by atoms with Crippen LogP contribution in [-0.4, -0.2) is 24.0 Å². The highest BCUT2D eigenvalue weighted by Crippen LogP contribution is 2.20. The lowest BCUT2D eigenvalue weighted by atomic mass is 10.0. The summed E-state index contributed by atoms with van der Waals surface area (Å²) < 4.78 is 0. The predicted octanol–water partition coefficient (Wildman–Crippen LogP) is 3.26. The number of benzene rings is 1. The van der Waals surface area contributed by atoms with Gasteiger partial charge in [0.1, 0.15) is 0 Å². The number of hydrogen-bond acceptors (Lipinski definition) is 2. The zero-order valence-corrected chi connectivity index (χ0v) is 14.2. The molecule has 0 unspecified atom stereocenters. The normalized spacial score (nSPS) is 20.0. The van der Waals surface area contributed by atoms with Crippen molar-refractivity contribution in [3.8, 4) is 0 Å². The highest BCUT2D eigenvalue weighted by atomic mass is 16.2. The Balaban J connectivity index is 1.64. The highest BCUT2D eigenvalue weighted by molar-refractivity contribution is 5.92. The van der Waals surface area contributed by atoms with E-state index < -0.39 is 0 Å². The molecule has 2 atom stereocenters. The Morgan fingerprint density at radius 3 is 2.43 bits per heavy atom. The minimum atomic E-state index is -0.0736. The van der Waals surface area contributed by atoms with E-state index in [9.17, 15) is 9.59 Å². The van der Waals surface area contributed by atoms with E-state index >= 15 is 0 Å².